The molecule has 0 amide bonds. The Labute approximate surface area is 271 Å². The molecule has 2 aliphatic heterocycles. The number of halogens is 1. The average Bonchev–Trinajstić information content (AvgIpc) is 3.47. The Morgan fingerprint density at radius 2 is 1.68 bits per heavy atom. The second-order valence-electron chi connectivity index (χ2n) is 12.4. The second-order valence-corrected chi connectivity index (χ2v) is 12.4. The van der Waals surface area contributed by atoms with Crippen molar-refractivity contribution in [3.05, 3.63) is 109 Å². The topological polar surface area (TPSA) is 126 Å². The van der Waals surface area contributed by atoms with Crippen molar-refractivity contribution in [3.63, 3.8) is 0 Å². The zero-order valence-corrected chi connectivity index (χ0v) is 25.6. The van der Waals surface area contributed by atoms with Gasteiger partial charge in [-0.05, 0) is 86.1 Å². The first-order chi connectivity index (χ1) is 23.0. The molecule has 11 heteroatoms. The van der Waals surface area contributed by atoms with E-state index in [-0.39, 0.29) is 11.6 Å². The Hall–Kier alpha value is -5.73. The normalized spacial score (nSPS) is 15.9. The molecule has 0 saturated carbocycles. The van der Waals surface area contributed by atoms with Gasteiger partial charge in [0.15, 0.2) is 0 Å². The van der Waals surface area contributed by atoms with Crippen LogP contribution in [0.3, 0.4) is 0 Å². The van der Waals surface area contributed by atoms with Gasteiger partial charge in [0.25, 0.3) is 0 Å². The molecule has 2 aliphatic rings. The fraction of sp³-hybridized carbons (Fsp3) is 0.222. The van der Waals surface area contributed by atoms with Crippen molar-refractivity contribution in [2.45, 2.75) is 19.4 Å². The van der Waals surface area contributed by atoms with Gasteiger partial charge in [0.05, 0.1) is 28.8 Å². The highest BCUT2D eigenvalue weighted by Crippen LogP contribution is 2.42. The SMILES string of the molecule is N#Cc1nccc(N2CC3(CCN(Cc4ccc(-n5c(-c6cccnc6N)cc6cnc(-c7ccc(F)cn7)cc65)cc4)CC3)C2)n1. The van der Waals surface area contributed by atoms with Crippen molar-refractivity contribution < 1.29 is 4.39 Å². The van der Waals surface area contributed by atoms with E-state index in [0.717, 1.165) is 79.2 Å². The lowest BCUT2D eigenvalue weighted by atomic mass is 9.72. The first-order valence-corrected chi connectivity index (χ1v) is 15.6. The number of piperidine rings is 1. The predicted molar refractivity (Wildman–Crippen MR) is 178 cm³/mol. The van der Waals surface area contributed by atoms with Crippen LogP contribution in [-0.2, 0) is 6.54 Å². The number of nitrogen functional groups attached to an aromatic ring is 1. The third kappa shape index (κ3) is 5.42. The third-order valence-electron chi connectivity index (χ3n) is 9.43. The molecule has 47 heavy (non-hydrogen) atoms. The van der Waals surface area contributed by atoms with E-state index in [4.69, 9.17) is 11.0 Å². The van der Waals surface area contributed by atoms with E-state index < -0.39 is 0 Å². The molecule has 8 rings (SSSR count). The van der Waals surface area contributed by atoms with Gasteiger partial charge < -0.3 is 15.2 Å². The van der Waals surface area contributed by atoms with Crippen LogP contribution >= 0.6 is 0 Å². The number of rotatable bonds is 6. The molecule has 0 aliphatic carbocycles. The summed E-state index contributed by atoms with van der Waals surface area (Å²) >= 11 is 0. The zero-order valence-electron chi connectivity index (χ0n) is 25.6. The number of hydrogen-bond acceptors (Lipinski definition) is 9. The lowest BCUT2D eigenvalue weighted by molar-refractivity contribution is 0.0719. The van der Waals surface area contributed by atoms with Gasteiger partial charge in [0, 0.05) is 60.3 Å². The molecule has 0 atom stereocenters. The van der Waals surface area contributed by atoms with E-state index in [9.17, 15) is 4.39 Å². The maximum atomic E-state index is 13.6. The summed E-state index contributed by atoms with van der Waals surface area (Å²) in [6, 6.07) is 23.5. The largest absolute Gasteiger partial charge is 0.383 e. The van der Waals surface area contributed by atoms with E-state index in [2.05, 4.69) is 69.6 Å². The van der Waals surface area contributed by atoms with Crippen molar-refractivity contribution in [2.75, 3.05) is 36.8 Å². The molecule has 232 valence electrons. The monoisotopic (exact) mass is 622 g/mol. The number of anilines is 2. The number of nitriles is 1. The van der Waals surface area contributed by atoms with Crippen molar-refractivity contribution in [1.29, 1.82) is 5.26 Å². The number of likely N-dealkylation sites (tertiary alicyclic amines) is 1. The Balaban J connectivity index is 1.02. The minimum absolute atomic E-state index is 0.218. The molecule has 7 heterocycles. The predicted octanol–water partition coefficient (Wildman–Crippen LogP) is 5.63. The van der Waals surface area contributed by atoms with Gasteiger partial charge in [-0.2, -0.15) is 5.26 Å². The summed E-state index contributed by atoms with van der Waals surface area (Å²) in [5.74, 6) is 1.12. The van der Waals surface area contributed by atoms with Crippen molar-refractivity contribution in [3.8, 4) is 34.4 Å². The van der Waals surface area contributed by atoms with Crippen LogP contribution in [-0.4, -0.2) is 60.6 Å². The van der Waals surface area contributed by atoms with Gasteiger partial charge in [-0.1, -0.05) is 12.1 Å². The van der Waals surface area contributed by atoms with Crippen LogP contribution in [0.1, 0.15) is 24.2 Å². The molecular formula is C36H31FN10. The number of nitrogens with two attached hydrogens (primary N) is 1. The average molecular weight is 623 g/mol. The molecule has 5 aromatic heterocycles. The first-order valence-electron chi connectivity index (χ1n) is 15.6. The minimum atomic E-state index is -0.388. The maximum Gasteiger partial charge on any atom is 0.234 e. The molecular weight excluding hydrogens is 591 g/mol. The molecule has 6 aromatic rings. The van der Waals surface area contributed by atoms with Gasteiger partial charge in [0.2, 0.25) is 5.82 Å². The van der Waals surface area contributed by atoms with Crippen LogP contribution in [0.2, 0.25) is 0 Å². The fourth-order valence-electron chi connectivity index (χ4n) is 6.89. The third-order valence-corrected chi connectivity index (χ3v) is 9.43. The van der Waals surface area contributed by atoms with Gasteiger partial charge in [-0.25, -0.2) is 19.3 Å². The van der Waals surface area contributed by atoms with Crippen LogP contribution in [0.25, 0.3) is 39.2 Å². The number of pyridine rings is 3. The highest BCUT2D eigenvalue weighted by molar-refractivity contribution is 5.92. The van der Waals surface area contributed by atoms with Gasteiger partial charge in [0.1, 0.15) is 23.5 Å². The van der Waals surface area contributed by atoms with Crippen LogP contribution in [0.15, 0.2) is 91.5 Å². The van der Waals surface area contributed by atoms with Gasteiger partial charge >= 0.3 is 0 Å². The van der Waals surface area contributed by atoms with E-state index >= 15 is 0 Å². The molecule has 0 radical (unpaired) electrons. The highest BCUT2D eigenvalue weighted by atomic mass is 19.1. The van der Waals surface area contributed by atoms with E-state index in [0.29, 0.717) is 22.6 Å². The van der Waals surface area contributed by atoms with Gasteiger partial charge in [-0.15, -0.1) is 0 Å². The van der Waals surface area contributed by atoms with Gasteiger partial charge in [-0.3, -0.25) is 14.9 Å². The van der Waals surface area contributed by atoms with Crippen molar-refractivity contribution in [1.82, 2.24) is 34.4 Å². The van der Waals surface area contributed by atoms with E-state index in [1.807, 2.05) is 36.5 Å². The summed E-state index contributed by atoms with van der Waals surface area (Å²) in [6.45, 7) is 4.92. The molecule has 1 aromatic carbocycles. The lowest BCUT2D eigenvalue weighted by Crippen LogP contribution is -2.60. The van der Waals surface area contributed by atoms with Crippen molar-refractivity contribution >= 4 is 22.5 Å². The van der Waals surface area contributed by atoms with Crippen molar-refractivity contribution in [2.24, 2.45) is 5.41 Å². The summed E-state index contributed by atoms with van der Waals surface area (Å²) in [4.78, 5) is 26.4. The molecule has 1 spiro atoms. The molecule has 2 N–H and O–H groups in total. The highest BCUT2D eigenvalue weighted by Gasteiger charge is 2.45. The Bertz CT molecular complexity index is 2120. The number of aromatic nitrogens is 6. The van der Waals surface area contributed by atoms with Crippen LogP contribution in [0.5, 0.6) is 0 Å². The van der Waals surface area contributed by atoms with E-state index in [1.54, 1.807) is 18.5 Å². The van der Waals surface area contributed by atoms with Crippen LogP contribution in [0, 0.1) is 22.6 Å². The molecule has 2 fully saturated rings. The Kier molecular flexibility index (Phi) is 7.07. The summed E-state index contributed by atoms with van der Waals surface area (Å²) < 4.78 is 15.7. The van der Waals surface area contributed by atoms with E-state index in [1.165, 1.54) is 17.8 Å². The quantitative estimate of drug-likeness (QED) is 0.251. The minimum Gasteiger partial charge on any atom is -0.383 e. The van der Waals surface area contributed by atoms with Crippen LogP contribution in [0.4, 0.5) is 16.0 Å². The molecule has 0 bridgehead atoms. The Morgan fingerprint density at radius 3 is 2.43 bits per heavy atom. The number of fused-ring (bicyclic) bond motifs is 1. The molecule has 10 nitrogen and oxygen atoms in total. The number of nitrogens with zero attached hydrogens (tertiary/aromatic N) is 9. The summed E-state index contributed by atoms with van der Waals surface area (Å²) in [6.07, 6.45) is 8.65. The number of hydrogen-bond donors (Lipinski definition) is 1. The smallest absolute Gasteiger partial charge is 0.234 e. The number of benzene rings is 1. The molecule has 0 unspecified atom stereocenters. The summed E-state index contributed by atoms with van der Waals surface area (Å²) in [7, 11) is 0. The standard InChI is InChI=1S/C36H31FN10/c37-26-5-8-29(43-20-26)30-17-31-25(19-42-30)16-32(28-2-1-12-41-35(28)39)47(31)27-6-3-24(4-7-27)21-45-14-10-36(11-15-45)22-46(23-36)34-9-13-40-33(18-38)44-34/h1-9,12-13,16-17,19-20H,10-11,14-15,21-23H2,(H2,39,41). The summed E-state index contributed by atoms with van der Waals surface area (Å²) in [5.41, 5.74) is 12.8. The fourth-order valence-corrected chi connectivity index (χ4v) is 6.89. The second kappa shape index (κ2) is 11.6. The molecule has 2 saturated heterocycles. The first kappa shape index (κ1) is 28.7. The lowest BCUT2D eigenvalue weighted by Gasteiger charge is -2.54. The Morgan fingerprint density at radius 1 is 0.872 bits per heavy atom. The maximum absolute atomic E-state index is 13.6. The summed E-state index contributed by atoms with van der Waals surface area (Å²) in [5, 5.41) is 10.1. The van der Waals surface area contributed by atoms with Crippen LogP contribution < -0.4 is 10.6 Å². The zero-order chi connectivity index (χ0) is 32.0.